The zero-order valence-corrected chi connectivity index (χ0v) is 13.9. The fourth-order valence-electron chi connectivity index (χ4n) is 2.84. The van der Waals surface area contributed by atoms with E-state index in [4.69, 9.17) is 0 Å². The van der Waals surface area contributed by atoms with E-state index in [1.165, 1.54) is 19.5 Å². The van der Waals surface area contributed by atoms with Crippen molar-refractivity contribution in [1.29, 1.82) is 0 Å². The number of anilines is 2. The van der Waals surface area contributed by atoms with Gasteiger partial charge in [-0.3, -0.25) is 0 Å². The lowest BCUT2D eigenvalue weighted by molar-refractivity contribution is 0.345. The summed E-state index contributed by atoms with van der Waals surface area (Å²) in [5, 5.41) is 6.89. The molecule has 1 fully saturated rings. The fraction of sp³-hybridized carbons (Fsp3) is 0.750. The van der Waals surface area contributed by atoms with Gasteiger partial charge >= 0.3 is 0 Å². The number of likely N-dealkylation sites (tertiary alicyclic amines) is 1. The molecule has 1 aliphatic heterocycles. The van der Waals surface area contributed by atoms with Gasteiger partial charge in [-0.25, -0.2) is 9.97 Å². The van der Waals surface area contributed by atoms with Crippen molar-refractivity contribution in [2.45, 2.75) is 40.5 Å². The molecule has 21 heavy (non-hydrogen) atoms. The van der Waals surface area contributed by atoms with Gasteiger partial charge in [-0.15, -0.1) is 0 Å². The van der Waals surface area contributed by atoms with E-state index in [0.29, 0.717) is 0 Å². The van der Waals surface area contributed by atoms with Crippen LogP contribution in [0.15, 0.2) is 0 Å². The van der Waals surface area contributed by atoms with Gasteiger partial charge in [-0.2, -0.15) is 0 Å². The molecule has 0 saturated carbocycles. The van der Waals surface area contributed by atoms with Crippen LogP contribution in [0.5, 0.6) is 0 Å². The van der Waals surface area contributed by atoms with E-state index in [9.17, 15) is 0 Å². The van der Waals surface area contributed by atoms with E-state index in [2.05, 4.69) is 53.2 Å². The van der Waals surface area contributed by atoms with Gasteiger partial charge in [0.1, 0.15) is 17.5 Å². The summed E-state index contributed by atoms with van der Waals surface area (Å²) in [5.74, 6) is 3.59. The summed E-state index contributed by atoms with van der Waals surface area (Å²) < 4.78 is 0. The van der Waals surface area contributed by atoms with Crippen LogP contribution in [0, 0.1) is 12.8 Å². The third-order valence-electron chi connectivity index (χ3n) is 4.23. The molecule has 0 bridgehead atoms. The SMILES string of the molecule is CCNc1nc(CC)nc(NCC2CCN(CC)C2)c1C. The second kappa shape index (κ2) is 7.59. The van der Waals surface area contributed by atoms with Crippen molar-refractivity contribution in [2.75, 3.05) is 43.4 Å². The third-order valence-corrected chi connectivity index (χ3v) is 4.23. The fourth-order valence-corrected chi connectivity index (χ4v) is 2.84. The number of aromatic nitrogens is 2. The Morgan fingerprint density at radius 1 is 1.14 bits per heavy atom. The van der Waals surface area contributed by atoms with Crippen LogP contribution in [-0.4, -0.2) is 47.6 Å². The Balaban J connectivity index is 2.03. The van der Waals surface area contributed by atoms with Crippen LogP contribution in [0.25, 0.3) is 0 Å². The van der Waals surface area contributed by atoms with E-state index in [-0.39, 0.29) is 0 Å². The maximum Gasteiger partial charge on any atom is 0.134 e. The minimum atomic E-state index is 0.729. The number of rotatable bonds is 7. The van der Waals surface area contributed by atoms with Crippen LogP contribution < -0.4 is 10.6 Å². The Bertz CT molecular complexity index is 460. The van der Waals surface area contributed by atoms with Gasteiger partial charge in [0, 0.05) is 31.6 Å². The van der Waals surface area contributed by atoms with Crippen LogP contribution in [0.2, 0.25) is 0 Å². The highest BCUT2D eigenvalue weighted by atomic mass is 15.2. The van der Waals surface area contributed by atoms with Crippen molar-refractivity contribution in [3.8, 4) is 0 Å². The second-order valence-electron chi connectivity index (χ2n) is 5.77. The molecule has 2 heterocycles. The standard InChI is InChI=1S/C16H29N5/c1-5-14-19-15(17-6-2)12(4)16(20-14)18-10-13-8-9-21(7-3)11-13/h13H,5-11H2,1-4H3,(H2,17,18,19,20). The number of nitrogens with one attached hydrogen (secondary N) is 2. The first kappa shape index (κ1) is 16.0. The summed E-state index contributed by atoms with van der Waals surface area (Å²) in [6, 6.07) is 0. The largest absolute Gasteiger partial charge is 0.370 e. The molecular formula is C16H29N5. The van der Waals surface area contributed by atoms with Crippen LogP contribution in [0.3, 0.4) is 0 Å². The van der Waals surface area contributed by atoms with Gasteiger partial charge in [0.05, 0.1) is 0 Å². The molecule has 1 aromatic heterocycles. The van der Waals surface area contributed by atoms with Crippen LogP contribution in [0.4, 0.5) is 11.6 Å². The topological polar surface area (TPSA) is 53.1 Å². The maximum absolute atomic E-state index is 4.66. The molecule has 5 heteroatoms. The Morgan fingerprint density at radius 3 is 2.43 bits per heavy atom. The predicted octanol–water partition coefficient (Wildman–Crippen LogP) is 2.53. The zero-order valence-electron chi connectivity index (χ0n) is 13.9. The van der Waals surface area contributed by atoms with Crippen LogP contribution >= 0.6 is 0 Å². The second-order valence-corrected chi connectivity index (χ2v) is 5.77. The molecule has 1 aliphatic rings. The minimum Gasteiger partial charge on any atom is -0.370 e. The third kappa shape index (κ3) is 4.06. The average molecular weight is 291 g/mol. The molecule has 0 aromatic carbocycles. The molecule has 1 aromatic rings. The molecule has 5 nitrogen and oxygen atoms in total. The summed E-state index contributed by atoms with van der Waals surface area (Å²) in [4.78, 5) is 11.7. The molecule has 2 N–H and O–H groups in total. The molecule has 1 saturated heterocycles. The van der Waals surface area contributed by atoms with Crippen molar-refractivity contribution < 1.29 is 0 Å². The smallest absolute Gasteiger partial charge is 0.134 e. The molecule has 1 unspecified atom stereocenters. The molecule has 2 rings (SSSR count). The van der Waals surface area contributed by atoms with Crippen molar-refractivity contribution in [1.82, 2.24) is 14.9 Å². The first-order valence-electron chi connectivity index (χ1n) is 8.25. The summed E-state index contributed by atoms with van der Waals surface area (Å²) in [6.45, 7) is 14.0. The molecule has 1 atom stereocenters. The molecule has 118 valence electrons. The lowest BCUT2D eigenvalue weighted by atomic mass is 10.1. The normalized spacial score (nSPS) is 19.0. The average Bonchev–Trinajstić information content (AvgIpc) is 2.96. The Morgan fingerprint density at radius 2 is 1.86 bits per heavy atom. The van der Waals surface area contributed by atoms with E-state index >= 15 is 0 Å². The van der Waals surface area contributed by atoms with Gasteiger partial charge < -0.3 is 15.5 Å². The summed E-state index contributed by atoms with van der Waals surface area (Å²) in [6.07, 6.45) is 2.14. The molecular weight excluding hydrogens is 262 g/mol. The monoisotopic (exact) mass is 291 g/mol. The molecule has 0 spiro atoms. The summed E-state index contributed by atoms with van der Waals surface area (Å²) in [7, 11) is 0. The van der Waals surface area contributed by atoms with E-state index in [1.807, 2.05) is 0 Å². The van der Waals surface area contributed by atoms with Crippen molar-refractivity contribution >= 4 is 11.6 Å². The van der Waals surface area contributed by atoms with Crippen LogP contribution in [0.1, 0.15) is 38.6 Å². The minimum absolute atomic E-state index is 0.729. The van der Waals surface area contributed by atoms with Gasteiger partial charge in [-0.1, -0.05) is 13.8 Å². The van der Waals surface area contributed by atoms with Gasteiger partial charge in [0.2, 0.25) is 0 Å². The van der Waals surface area contributed by atoms with E-state index in [1.54, 1.807) is 0 Å². The highest BCUT2D eigenvalue weighted by molar-refractivity contribution is 5.57. The number of hydrogen-bond donors (Lipinski definition) is 2. The van der Waals surface area contributed by atoms with Crippen molar-refractivity contribution in [3.63, 3.8) is 0 Å². The predicted molar refractivity (Wildman–Crippen MR) is 89.0 cm³/mol. The van der Waals surface area contributed by atoms with Crippen molar-refractivity contribution in [2.24, 2.45) is 5.92 Å². The van der Waals surface area contributed by atoms with E-state index < -0.39 is 0 Å². The number of nitrogens with zero attached hydrogens (tertiary/aromatic N) is 3. The molecule has 0 amide bonds. The van der Waals surface area contributed by atoms with Crippen LogP contribution in [-0.2, 0) is 6.42 Å². The van der Waals surface area contributed by atoms with Crippen molar-refractivity contribution in [3.05, 3.63) is 11.4 Å². The first-order valence-corrected chi connectivity index (χ1v) is 8.25. The quantitative estimate of drug-likeness (QED) is 0.808. The lowest BCUT2D eigenvalue weighted by Gasteiger charge is -2.17. The van der Waals surface area contributed by atoms with Gasteiger partial charge in [0.15, 0.2) is 0 Å². The Labute approximate surface area is 128 Å². The maximum atomic E-state index is 4.66. The number of aryl methyl sites for hydroxylation is 1. The number of hydrogen-bond acceptors (Lipinski definition) is 5. The lowest BCUT2D eigenvalue weighted by Crippen LogP contribution is -2.23. The summed E-state index contributed by atoms with van der Waals surface area (Å²) in [5.41, 5.74) is 1.12. The highest BCUT2D eigenvalue weighted by Crippen LogP contribution is 2.22. The first-order chi connectivity index (χ1) is 10.2. The van der Waals surface area contributed by atoms with Gasteiger partial charge in [-0.05, 0) is 39.3 Å². The Hall–Kier alpha value is -1.36. The highest BCUT2D eigenvalue weighted by Gasteiger charge is 2.21. The molecule has 0 aliphatic carbocycles. The van der Waals surface area contributed by atoms with Gasteiger partial charge in [0.25, 0.3) is 0 Å². The zero-order chi connectivity index (χ0) is 15.2. The molecule has 0 radical (unpaired) electrons. The summed E-state index contributed by atoms with van der Waals surface area (Å²) >= 11 is 0. The Kier molecular flexibility index (Phi) is 5.79. The van der Waals surface area contributed by atoms with E-state index in [0.717, 1.165) is 55.0 Å².